The first-order chi connectivity index (χ1) is 12.9. The van der Waals surface area contributed by atoms with Gasteiger partial charge in [-0.15, -0.1) is 0 Å². The van der Waals surface area contributed by atoms with Gasteiger partial charge in [-0.3, -0.25) is 4.79 Å². The third-order valence-corrected chi connectivity index (χ3v) is 6.93. The first-order valence-corrected chi connectivity index (χ1v) is 10.8. The van der Waals surface area contributed by atoms with Crippen molar-refractivity contribution in [3.63, 3.8) is 0 Å². The van der Waals surface area contributed by atoms with Crippen LogP contribution in [0.2, 0.25) is 0 Å². The number of aliphatic hydroxyl groups excluding tert-OH is 1. The molecule has 11 heteroatoms. The zero-order valence-electron chi connectivity index (χ0n) is 14.9. The maximum absolute atomic E-state index is 13.1. The molecule has 1 aromatic carbocycles. The van der Waals surface area contributed by atoms with Crippen LogP contribution in [0.5, 0.6) is 0 Å². The highest BCUT2D eigenvalue weighted by molar-refractivity contribution is 7.89. The molecule has 2 atom stereocenters. The molecule has 1 amide bonds. The molecule has 2 N–H and O–H groups in total. The number of piperidine rings is 1. The molecular formula is C16H22N4O5S2. The summed E-state index contributed by atoms with van der Waals surface area (Å²) >= 11 is 0.967. The number of nitrogens with one attached hydrogen (secondary N) is 1. The minimum Gasteiger partial charge on any atom is -0.389 e. The molecule has 0 aliphatic carbocycles. The van der Waals surface area contributed by atoms with Gasteiger partial charge in [0.05, 0.1) is 30.4 Å². The third kappa shape index (κ3) is 4.43. The van der Waals surface area contributed by atoms with Crippen LogP contribution in [0, 0.1) is 5.92 Å². The van der Waals surface area contributed by atoms with Crippen LogP contribution in [-0.2, 0) is 19.6 Å². The SMILES string of the molecule is COC[C@@H](O)CNC(=O)[C@H]1CCCN(S(=O)(=O)c2cccc3nsnc23)C1. The van der Waals surface area contributed by atoms with E-state index in [4.69, 9.17) is 4.74 Å². The summed E-state index contributed by atoms with van der Waals surface area (Å²) < 4.78 is 40.5. The molecule has 148 valence electrons. The number of carbonyl (C=O) groups excluding carboxylic acids is 1. The number of amides is 1. The van der Waals surface area contributed by atoms with E-state index < -0.39 is 22.0 Å². The Morgan fingerprint density at radius 1 is 1.48 bits per heavy atom. The summed E-state index contributed by atoms with van der Waals surface area (Å²) in [7, 11) is -2.31. The Bertz CT molecular complexity index is 901. The van der Waals surface area contributed by atoms with Crippen molar-refractivity contribution >= 4 is 38.7 Å². The highest BCUT2D eigenvalue weighted by Crippen LogP contribution is 2.28. The molecule has 0 bridgehead atoms. The lowest BCUT2D eigenvalue weighted by molar-refractivity contribution is -0.126. The average Bonchev–Trinajstić information content (AvgIpc) is 3.15. The number of benzene rings is 1. The molecule has 1 saturated heterocycles. The van der Waals surface area contributed by atoms with Crippen LogP contribution < -0.4 is 5.32 Å². The van der Waals surface area contributed by atoms with E-state index in [1.165, 1.54) is 17.5 Å². The van der Waals surface area contributed by atoms with Gasteiger partial charge in [-0.1, -0.05) is 6.07 Å². The zero-order valence-corrected chi connectivity index (χ0v) is 16.5. The summed E-state index contributed by atoms with van der Waals surface area (Å²) in [4.78, 5) is 12.5. The Morgan fingerprint density at radius 3 is 3.07 bits per heavy atom. The van der Waals surface area contributed by atoms with Crippen LogP contribution in [0.1, 0.15) is 12.8 Å². The first-order valence-electron chi connectivity index (χ1n) is 8.59. The summed E-state index contributed by atoms with van der Waals surface area (Å²) in [6, 6.07) is 4.88. The van der Waals surface area contributed by atoms with Gasteiger partial charge in [0.15, 0.2) is 0 Å². The van der Waals surface area contributed by atoms with E-state index in [1.54, 1.807) is 12.1 Å². The van der Waals surface area contributed by atoms with Gasteiger partial charge in [0.2, 0.25) is 15.9 Å². The number of aromatic nitrogens is 2. The zero-order chi connectivity index (χ0) is 19.4. The van der Waals surface area contributed by atoms with Crippen molar-refractivity contribution < 1.29 is 23.1 Å². The molecule has 0 radical (unpaired) electrons. The smallest absolute Gasteiger partial charge is 0.245 e. The summed E-state index contributed by atoms with van der Waals surface area (Å²) in [5.41, 5.74) is 0.899. The summed E-state index contributed by atoms with van der Waals surface area (Å²) in [6.45, 7) is 0.645. The molecule has 0 unspecified atom stereocenters. The number of carbonyl (C=O) groups is 1. The number of rotatable bonds is 7. The molecule has 0 spiro atoms. The second-order valence-corrected chi connectivity index (χ2v) is 8.88. The predicted octanol–water partition coefficient (Wildman–Crippen LogP) is 0.215. The fraction of sp³-hybridized carbons (Fsp3) is 0.562. The second kappa shape index (κ2) is 8.57. The normalized spacial score (nSPS) is 19.9. The molecule has 0 saturated carbocycles. The number of sulfonamides is 1. The van der Waals surface area contributed by atoms with Crippen LogP contribution in [0.4, 0.5) is 0 Å². The van der Waals surface area contributed by atoms with Gasteiger partial charge in [-0.05, 0) is 25.0 Å². The predicted molar refractivity (Wildman–Crippen MR) is 99.8 cm³/mol. The summed E-state index contributed by atoms with van der Waals surface area (Å²) in [5.74, 6) is -0.727. The molecule has 2 aromatic rings. The Kier molecular flexibility index (Phi) is 6.37. The topological polar surface area (TPSA) is 122 Å². The highest BCUT2D eigenvalue weighted by Gasteiger charge is 2.34. The number of fused-ring (bicyclic) bond motifs is 1. The van der Waals surface area contributed by atoms with Gasteiger partial charge in [0.25, 0.3) is 0 Å². The fourth-order valence-corrected chi connectivity index (χ4v) is 5.39. The first kappa shape index (κ1) is 20.1. The van der Waals surface area contributed by atoms with Crippen molar-refractivity contribution in [3.05, 3.63) is 18.2 Å². The molecule has 9 nitrogen and oxygen atoms in total. The Hall–Kier alpha value is -1.66. The number of methoxy groups -OCH3 is 1. The van der Waals surface area contributed by atoms with E-state index in [2.05, 4.69) is 14.1 Å². The Balaban J connectivity index is 1.72. The van der Waals surface area contributed by atoms with Crippen LogP contribution in [-0.4, -0.2) is 71.9 Å². The van der Waals surface area contributed by atoms with Gasteiger partial charge in [-0.25, -0.2) is 8.42 Å². The lowest BCUT2D eigenvalue weighted by Gasteiger charge is -2.31. The van der Waals surface area contributed by atoms with Crippen molar-refractivity contribution in [2.45, 2.75) is 23.8 Å². The Labute approximate surface area is 161 Å². The third-order valence-electron chi connectivity index (χ3n) is 4.49. The fourth-order valence-electron chi connectivity index (χ4n) is 3.12. The van der Waals surface area contributed by atoms with Gasteiger partial charge < -0.3 is 15.2 Å². The molecule has 2 heterocycles. The molecule has 1 aliphatic heterocycles. The highest BCUT2D eigenvalue weighted by atomic mass is 32.2. The number of nitrogens with zero attached hydrogens (tertiary/aromatic N) is 3. The van der Waals surface area contributed by atoms with Crippen molar-refractivity contribution in [1.29, 1.82) is 0 Å². The summed E-state index contributed by atoms with van der Waals surface area (Å²) in [5, 5.41) is 12.3. The number of ether oxygens (including phenoxy) is 1. The van der Waals surface area contributed by atoms with E-state index in [0.29, 0.717) is 30.4 Å². The largest absolute Gasteiger partial charge is 0.389 e. The maximum atomic E-state index is 13.1. The summed E-state index contributed by atoms with van der Waals surface area (Å²) in [6.07, 6.45) is 0.390. The average molecular weight is 415 g/mol. The molecule has 1 fully saturated rings. The standard InChI is InChI=1S/C16H22N4O5S2/c1-25-10-12(21)8-17-16(22)11-4-3-7-20(9-11)27(23,24)14-6-2-5-13-15(14)19-26-18-13/h2,5-6,11-12,21H,3-4,7-10H2,1H3,(H,17,22)/t11-,12-/m0/s1. The number of hydrogen-bond acceptors (Lipinski definition) is 8. The van der Waals surface area contributed by atoms with E-state index in [1.807, 2.05) is 0 Å². The lowest BCUT2D eigenvalue weighted by Crippen LogP contribution is -2.46. The maximum Gasteiger partial charge on any atom is 0.245 e. The van der Waals surface area contributed by atoms with E-state index in [0.717, 1.165) is 11.7 Å². The van der Waals surface area contributed by atoms with Gasteiger partial charge >= 0.3 is 0 Å². The quantitative estimate of drug-likeness (QED) is 0.664. The van der Waals surface area contributed by atoms with Gasteiger partial charge in [0.1, 0.15) is 15.9 Å². The number of aliphatic hydroxyl groups is 1. The molecular weight excluding hydrogens is 392 g/mol. The van der Waals surface area contributed by atoms with Crippen molar-refractivity contribution in [2.24, 2.45) is 5.92 Å². The van der Waals surface area contributed by atoms with Crippen LogP contribution in [0.25, 0.3) is 11.0 Å². The second-order valence-electron chi connectivity index (χ2n) is 6.44. The van der Waals surface area contributed by atoms with Crippen molar-refractivity contribution in [3.8, 4) is 0 Å². The minimum absolute atomic E-state index is 0.0692. The van der Waals surface area contributed by atoms with Crippen LogP contribution in [0.15, 0.2) is 23.1 Å². The molecule has 1 aliphatic rings. The van der Waals surface area contributed by atoms with Crippen molar-refractivity contribution in [2.75, 3.05) is 33.4 Å². The van der Waals surface area contributed by atoms with Crippen LogP contribution >= 0.6 is 11.7 Å². The van der Waals surface area contributed by atoms with E-state index >= 15 is 0 Å². The van der Waals surface area contributed by atoms with Crippen molar-refractivity contribution in [1.82, 2.24) is 18.4 Å². The molecule has 3 rings (SSSR count). The molecule has 27 heavy (non-hydrogen) atoms. The monoisotopic (exact) mass is 414 g/mol. The lowest BCUT2D eigenvalue weighted by atomic mass is 9.99. The van der Waals surface area contributed by atoms with Gasteiger partial charge in [-0.2, -0.15) is 13.1 Å². The molecule has 1 aromatic heterocycles. The minimum atomic E-state index is -3.78. The van der Waals surface area contributed by atoms with E-state index in [-0.39, 0.29) is 30.5 Å². The van der Waals surface area contributed by atoms with Gasteiger partial charge in [0, 0.05) is 26.7 Å². The van der Waals surface area contributed by atoms with Crippen LogP contribution in [0.3, 0.4) is 0 Å². The van der Waals surface area contributed by atoms with E-state index in [9.17, 15) is 18.3 Å². The number of hydrogen-bond donors (Lipinski definition) is 2. The Morgan fingerprint density at radius 2 is 2.30 bits per heavy atom.